The van der Waals surface area contributed by atoms with Crippen LogP contribution in [-0.4, -0.2) is 16.2 Å². The van der Waals surface area contributed by atoms with E-state index in [2.05, 4.69) is 36.3 Å². The van der Waals surface area contributed by atoms with Gasteiger partial charge in [0.1, 0.15) is 0 Å². The average molecular weight is 247 g/mol. The van der Waals surface area contributed by atoms with Gasteiger partial charge in [-0.05, 0) is 36.0 Å². The Morgan fingerprint density at radius 1 is 1.44 bits per heavy atom. The van der Waals surface area contributed by atoms with Gasteiger partial charge >= 0.3 is 0 Å². The van der Waals surface area contributed by atoms with Gasteiger partial charge in [0.15, 0.2) is 0 Å². The molecule has 3 unspecified atom stereocenters. The highest BCUT2D eigenvalue weighted by Crippen LogP contribution is 2.62. The zero-order valence-corrected chi connectivity index (χ0v) is 11.3. The van der Waals surface area contributed by atoms with Crippen molar-refractivity contribution in [2.24, 2.45) is 16.7 Å². The lowest BCUT2D eigenvalue weighted by molar-refractivity contribution is 0.155. The van der Waals surface area contributed by atoms with Crippen LogP contribution in [0.25, 0.3) is 0 Å². The van der Waals surface area contributed by atoms with Crippen molar-refractivity contribution >= 4 is 5.69 Å². The number of nitrogens with zero attached hydrogens (tertiary/aromatic N) is 1. The Hall–Kier alpha value is -1.32. The third-order valence-corrected chi connectivity index (χ3v) is 5.25. The molecular formula is C14H21N3O. The molecule has 0 aromatic carbocycles. The fourth-order valence-corrected chi connectivity index (χ4v) is 4.28. The Labute approximate surface area is 107 Å². The predicted molar refractivity (Wildman–Crippen MR) is 71.5 cm³/mol. The second-order valence-corrected chi connectivity index (χ2v) is 6.83. The molecule has 1 aromatic rings. The normalized spacial score (nSPS) is 36.8. The lowest BCUT2D eigenvalue weighted by Gasteiger charge is -2.43. The Bertz CT molecular complexity index is 517. The van der Waals surface area contributed by atoms with E-state index >= 15 is 0 Å². The minimum absolute atomic E-state index is 0.147. The number of fused-ring (bicyclic) bond motifs is 2. The van der Waals surface area contributed by atoms with Crippen LogP contribution in [-0.2, 0) is 0 Å². The first kappa shape index (κ1) is 11.8. The largest absolute Gasteiger partial charge is 0.380 e. The Morgan fingerprint density at radius 2 is 2.22 bits per heavy atom. The summed E-state index contributed by atoms with van der Waals surface area (Å²) in [5, 5.41) is 9.84. The summed E-state index contributed by atoms with van der Waals surface area (Å²) in [7, 11) is 0. The van der Waals surface area contributed by atoms with E-state index in [1.165, 1.54) is 19.3 Å². The molecule has 2 bridgehead atoms. The van der Waals surface area contributed by atoms with Gasteiger partial charge in [-0.1, -0.05) is 20.8 Å². The lowest BCUT2D eigenvalue weighted by atomic mass is 9.68. The molecule has 0 amide bonds. The summed E-state index contributed by atoms with van der Waals surface area (Å²) in [6, 6.07) is 2.02. The quantitative estimate of drug-likeness (QED) is 0.843. The summed E-state index contributed by atoms with van der Waals surface area (Å²) in [5.41, 5.74) is 1.34. The van der Waals surface area contributed by atoms with Gasteiger partial charge in [0.2, 0.25) is 0 Å². The van der Waals surface area contributed by atoms with Crippen molar-refractivity contribution < 1.29 is 0 Å². The first-order valence-electron chi connectivity index (χ1n) is 6.73. The summed E-state index contributed by atoms with van der Waals surface area (Å²) in [5.74, 6) is 0.801. The van der Waals surface area contributed by atoms with Gasteiger partial charge in [-0.3, -0.25) is 4.79 Å². The number of hydrogen-bond donors (Lipinski definition) is 2. The number of anilines is 1. The molecule has 2 N–H and O–H groups in total. The molecule has 4 heteroatoms. The number of rotatable bonds is 2. The van der Waals surface area contributed by atoms with Crippen LogP contribution in [0.15, 0.2) is 17.1 Å². The summed E-state index contributed by atoms with van der Waals surface area (Å²) in [6.07, 6.45) is 5.63. The maximum atomic E-state index is 11.3. The van der Waals surface area contributed by atoms with E-state index in [1.54, 1.807) is 12.3 Å². The molecule has 2 aliphatic rings. The molecule has 4 nitrogen and oxygen atoms in total. The summed E-state index contributed by atoms with van der Waals surface area (Å²) in [6.45, 7) is 7.07. The van der Waals surface area contributed by atoms with Gasteiger partial charge in [-0.15, -0.1) is 0 Å². The topological polar surface area (TPSA) is 57.8 Å². The average Bonchev–Trinajstić information content (AvgIpc) is 2.76. The Morgan fingerprint density at radius 3 is 2.83 bits per heavy atom. The molecular weight excluding hydrogens is 226 g/mol. The van der Waals surface area contributed by atoms with Crippen molar-refractivity contribution in [3.63, 3.8) is 0 Å². The first-order valence-corrected chi connectivity index (χ1v) is 6.73. The number of aromatic nitrogens is 2. The zero-order valence-electron chi connectivity index (χ0n) is 11.3. The fourth-order valence-electron chi connectivity index (χ4n) is 4.28. The van der Waals surface area contributed by atoms with Gasteiger partial charge in [0.25, 0.3) is 5.56 Å². The van der Waals surface area contributed by atoms with Gasteiger partial charge in [-0.25, -0.2) is 5.10 Å². The van der Waals surface area contributed by atoms with Crippen molar-refractivity contribution in [1.82, 2.24) is 10.2 Å². The molecule has 0 saturated heterocycles. The smallest absolute Gasteiger partial charge is 0.266 e. The minimum atomic E-state index is -0.147. The highest BCUT2D eigenvalue weighted by atomic mass is 16.1. The molecule has 2 saturated carbocycles. The molecule has 1 aromatic heterocycles. The molecule has 0 aliphatic heterocycles. The highest BCUT2D eigenvalue weighted by Gasteiger charge is 2.59. The standard InChI is InChI=1S/C14H21N3O/c1-13(2)9-4-5-14(3,7-9)12(13)16-10-6-11(18)17-15-8-10/h6,8-9,12H,4-5,7H2,1-3H3,(H2,16,17,18). The van der Waals surface area contributed by atoms with Crippen LogP contribution in [0.5, 0.6) is 0 Å². The van der Waals surface area contributed by atoms with E-state index in [0.717, 1.165) is 11.6 Å². The van der Waals surface area contributed by atoms with Crippen LogP contribution in [0.1, 0.15) is 40.0 Å². The lowest BCUT2D eigenvalue weighted by Crippen LogP contribution is -2.45. The highest BCUT2D eigenvalue weighted by molar-refractivity contribution is 5.42. The van der Waals surface area contributed by atoms with E-state index in [1.807, 2.05) is 0 Å². The number of aromatic amines is 1. The van der Waals surface area contributed by atoms with Crippen molar-refractivity contribution in [3.8, 4) is 0 Å². The first-order chi connectivity index (χ1) is 8.42. The van der Waals surface area contributed by atoms with Crippen molar-refractivity contribution in [1.29, 1.82) is 0 Å². The predicted octanol–water partition coefficient (Wildman–Crippen LogP) is 2.40. The summed E-state index contributed by atoms with van der Waals surface area (Å²) in [4.78, 5) is 11.3. The molecule has 3 atom stereocenters. The number of H-pyrrole nitrogens is 1. The number of hydrogen-bond acceptors (Lipinski definition) is 3. The van der Waals surface area contributed by atoms with Gasteiger partial charge in [-0.2, -0.15) is 5.10 Å². The summed E-state index contributed by atoms with van der Waals surface area (Å²) < 4.78 is 0. The van der Waals surface area contributed by atoms with E-state index in [-0.39, 0.29) is 11.0 Å². The maximum Gasteiger partial charge on any atom is 0.266 e. The van der Waals surface area contributed by atoms with E-state index in [4.69, 9.17) is 0 Å². The van der Waals surface area contributed by atoms with Crippen LogP contribution < -0.4 is 10.9 Å². The third-order valence-electron chi connectivity index (χ3n) is 5.25. The van der Waals surface area contributed by atoms with E-state index in [9.17, 15) is 4.79 Å². The van der Waals surface area contributed by atoms with Gasteiger partial charge in [0.05, 0.1) is 11.9 Å². The van der Waals surface area contributed by atoms with E-state index in [0.29, 0.717) is 11.5 Å². The van der Waals surface area contributed by atoms with E-state index < -0.39 is 0 Å². The molecule has 2 aliphatic carbocycles. The SMILES string of the molecule is CC12CCC(C1)C(C)(C)C2Nc1cn[nH]c(=O)c1. The molecule has 0 radical (unpaired) electrons. The molecule has 1 heterocycles. The third kappa shape index (κ3) is 1.58. The zero-order chi connectivity index (χ0) is 13.0. The molecule has 98 valence electrons. The molecule has 0 spiro atoms. The monoisotopic (exact) mass is 247 g/mol. The van der Waals surface area contributed by atoms with Crippen LogP contribution in [0.4, 0.5) is 5.69 Å². The van der Waals surface area contributed by atoms with Crippen LogP contribution in [0.2, 0.25) is 0 Å². The second-order valence-electron chi connectivity index (χ2n) is 6.83. The van der Waals surface area contributed by atoms with Gasteiger partial charge < -0.3 is 5.32 Å². The van der Waals surface area contributed by atoms with Crippen LogP contribution in [0, 0.1) is 16.7 Å². The van der Waals surface area contributed by atoms with Crippen molar-refractivity contribution in [2.75, 3.05) is 5.32 Å². The van der Waals surface area contributed by atoms with Crippen LogP contribution >= 0.6 is 0 Å². The van der Waals surface area contributed by atoms with Crippen molar-refractivity contribution in [2.45, 2.75) is 46.1 Å². The molecule has 3 rings (SSSR count). The molecule has 2 fully saturated rings. The Balaban J connectivity index is 1.90. The second kappa shape index (κ2) is 3.59. The number of nitrogens with one attached hydrogen (secondary N) is 2. The fraction of sp³-hybridized carbons (Fsp3) is 0.714. The van der Waals surface area contributed by atoms with Crippen LogP contribution in [0.3, 0.4) is 0 Å². The molecule has 18 heavy (non-hydrogen) atoms. The minimum Gasteiger partial charge on any atom is -0.380 e. The van der Waals surface area contributed by atoms with Crippen molar-refractivity contribution in [3.05, 3.63) is 22.6 Å². The maximum absolute atomic E-state index is 11.3. The Kier molecular flexibility index (Phi) is 2.34. The van der Waals surface area contributed by atoms with Gasteiger partial charge in [0, 0.05) is 12.1 Å². The summed E-state index contributed by atoms with van der Waals surface area (Å²) >= 11 is 0.